The van der Waals surface area contributed by atoms with Gasteiger partial charge in [0.1, 0.15) is 21.2 Å². The molecule has 7 heteroatoms. The summed E-state index contributed by atoms with van der Waals surface area (Å²) in [6.45, 7) is 3.77. The van der Waals surface area contributed by atoms with Gasteiger partial charge in [-0.05, 0) is 25.5 Å². The van der Waals surface area contributed by atoms with Crippen LogP contribution in [0.2, 0.25) is 0 Å². The summed E-state index contributed by atoms with van der Waals surface area (Å²) in [5, 5.41) is 0. The van der Waals surface area contributed by atoms with Crippen LogP contribution in [0.4, 0.5) is 5.69 Å². The third-order valence-corrected chi connectivity index (χ3v) is 4.59. The van der Waals surface area contributed by atoms with Crippen LogP contribution in [0.3, 0.4) is 0 Å². The number of esters is 1. The van der Waals surface area contributed by atoms with Crippen LogP contribution in [0.1, 0.15) is 30.6 Å². The van der Waals surface area contributed by atoms with Crippen LogP contribution in [-0.2, 0) is 14.6 Å². The minimum Gasteiger partial charge on any atom is -0.493 e. The number of nitrogen functional groups attached to an aromatic ring is 1. The van der Waals surface area contributed by atoms with E-state index in [1.54, 1.807) is 19.9 Å². The van der Waals surface area contributed by atoms with Gasteiger partial charge >= 0.3 is 5.97 Å². The molecule has 0 aliphatic rings. The van der Waals surface area contributed by atoms with Gasteiger partial charge in [0.25, 0.3) is 0 Å². The highest BCUT2D eigenvalue weighted by Crippen LogP contribution is 2.23. The lowest BCUT2D eigenvalue weighted by Crippen LogP contribution is -2.13. The molecule has 0 aliphatic carbocycles. The van der Waals surface area contributed by atoms with Gasteiger partial charge in [-0.25, -0.2) is 13.2 Å². The zero-order chi connectivity index (χ0) is 15.9. The Hall–Kier alpha value is -1.76. The van der Waals surface area contributed by atoms with Gasteiger partial charge < -0.3 is 15.2 Å². The van der Waals surface area contributed by atoms with Crippen LogP contribution in [-0.4, -0.2) is 39.1 Å². The molecule has 0 bridgehead atoms. The largest absolute Gasteiger partial charge is 0.493 e. The number of sulfone groups is 1. The van der Waals surface area contributed by atoms with E-state index < -0.39 is 15.8 Å². The van der Waals surface area contributed by atoms with Gasteiger partial charge in [-0.1, -0.05) is 6.92 Å². The Bertz CT molecular complexity index is 583. The van der Waals surface area contributed by atoms with Crippen LogP contribution in [0, 0.1) is 0 Å². The van der Waals surface area contributed by atoms with Crippen molar-refractivity contribution in [3.63, 3.8) is 0 Å². The standard InChI is InChI=1S/C14H21NO5S/c1-3-19-14(16)12-7-6-11(15)10-13(12)20-8-5-9-21(17,18)4-2/h6-7,10H,3-5,8-9,15H2,1-2H3. The van der Waals surface area contributed by atoms with E-state index >= 15 is 0 Å². The molecule has 118 valence electrons. The monoisotopic (exact) mass is 315 g/mol. The van der Waals surface area contributed by atoms with Gasteiger partial charge in [0.2, 0.25) is 0 Å². The van der Waals surface area contributed by atoms with Gasteiger partial charge in [0.15, 0.2) is 0 Å². The fourth-order valence-corrected chi connectivity index (χ4v) is 2.49. The van der Waals surface area contributed by atoms with Crippen molar-refractivity contribution >= 4 is 21.5 Å². The molecule has 0 unspecified atom stereocenters. The molecule has 0 heterocycles. The highest BCUT2D eigenvalue weighted by atomic mass is 32.2. The molecule has 0 atom stereocenters. The molecule has 0 fully saturated rings. The summed E-state index contributed by atoms with van der Waals surface area (Å²) in [6.07, 6.45) is 0.354. The molecule has 0 radical (unpaired) electrons. The van der Waals surface area contributed by atoms with Crippen molar-refractivity contribution in [3.05, 3.63) is 23.8 Å². The van der Waals surface area contributed by atoms with E-state index in [1.807, 2.05) is 0 Å². The molecule has 21 heavy (non-hydrogen) atoms. The molecule has 0 saturated heterocycles. The Balaban J connectivity index is 2.69. The van der Waals surface area contributed by atoms with Gasteiger partial charge in [0.05, 0.1) is 19.0 Å². The molecule has 0 aromatic heterocycles. The van der Waals surface area contributed by atoms with Crippen molar-refractivity contribution in [1.29, 1.82) is 0 Å². The highest BCUT2D eigenvalue weighted by molar-refractivity contribution is 7.91. The second-order valence-electron chi connectivity index (χ2n) is 4.41. The Morgan fingerprint density at radius 3 is 2.62 bits per heavy atom. The summed E-state index contributed by atoms with van der Waals surface area (Å²) in [6, 6.07) is 4.65. The first-order valence-corrected chi connectivity index (χ1v) is 8.61. The summed E-state index contributed by atoms with van der Waals surface area (Å²) < 4.78 is 33.2. The number of hydrogen-bond donors (Lipinski definition) is 1. The molecule has 0 saturated carbocycles. The maximum absolute atomic E-state index is 11.8. The topological polar surface area (TPSA) is 95.7 Å². The number of anilines is 1. The molecule has 6 nitrogen and oxygen atoms in total. The zero-order valence-electron chi connectivity index (χ0n) is 12.3. The molecule has 1 aromatic rings. The van der Waals surface area contributed by atoms with E-state index in [2.05, 4.69) is 0 Å². The van der Waals surface area contributed by atoms with Gasteiger partial charge in [-0.3, -0.25) is 0 Å². The maximum atomic E-state index is 11.8. The quantitative estimate of drug-likeness (QED) is 0.445. The number of benzene rings is 1. The van der Waals surface area contributed by atoms with Crippen molar-refractivity contribution in [1.82, 2.24) is 0 Å². The van der Waals surface area contributed by atoms with Gasteiger partial charge in [-0.2, -0.15) is 0 Å². The summed E-state index contributed by atoms with van der Waals surface area (Å²) in [5.74, 6) is -0.0177. The molecule has 2 N–H and O–H groups in total. The first kappa shape index (κ1) is 17.3. The van der Waals surface area contributed by atoms with Crippen molar-refractivity contribution in [3.8, 4) is 5.75 Å². The van der Waals surface area contributed by atoms with Crippen molar-refractivity contribution in [2.24, 2.45) is 0 Å². The fourth-order valence-electron chi connectivity index (χ4n) is 1.64. The van der Waals surface area contributed by atoms with E-state index in [-0.39, 0.29) is 30.3 Å². The maximum Gasteiger partial charge on any atom is 0.341 e. The van der Waals surface area contributed by atoms with Crippen molar-refractivity contribution in [2.75, 3.05) is 30.5 Å². The molecule has 0 amide bonds. The number of hydrogen-bond acceptors (Lipinski definition) is 6. The highest BCUT2D eigenvalue weighted by Gasteiger charge is 2.14. The predicted octanol–water partition coefficient (Wildman–Crippen LogP) is 1.65. The lowest BCUT2D eigenvalue weighted by molar-refractivity contribution is 0.0521. The van der Waals surface area contributed by atoms with Gasteiger partial charge in [-0.15, -0.1) is 0 Å². The second kappa shape index (κ2) is 7.87. The Morgan fingerprint density at radius 1 is 1.29 bits per heavy atom. The Morgan fingerprint density at radius 2 is 2.00 bits per heavy atom. The van der Waals surface area contributed by atoms with Crippen LogP contribution < -0.4 is 10.5 Å². The van der Waals surface area contributed by atoms with Crippen LogP contribution in [0.15, 0.2) is 18.2 Å². The number of ether oxygens (including phenoxy) is 2. The van der Waals surface area contributed by atoms with E-state index in [4.69, 9.17) is 15.2 Å². The zero-order valence-corrected chi connectivity index (χ0v) is 13.1. The lowest BCUT2D eigenvalue weighted by atomic mass is 10.2. The molecular formula is C14H21NO5S. The molecule has 0 spiro atoms. The number of nitrogens with two attached hydrogens (primary N) is 1. The second-order valence-corrected chi connectivity index (χ2v) is 6.89. The predicted molar refractivity (Wildman–Crippen MR) is 81.3 cm³/mol. The summed E-state index contributed by atoms with van der Waals surface area (Å²) in [7, 11) is -3.01. The minimum absolute atomic E-state index is 0.0561. The molecule has 1 rings (SSSR count). The minimum atomic E-state index is -3.01. The molecular weight excluding hydrogens is 294 g/mol. The number of carbonyl (C=O) groups excluding carboxylic acids is 1. The first-order valence-electron chi connectivity index (χ1n) is 6.79. The van der Waals surface area contributed by atoms with Gasteiger partial charge in [0, 0.05) is 17.5 Å². The lowest BCUT2D eigenvalue weighted by Gasteiger charge is -2.11. The van der Waals surface area contributed by atoms with E-state index in [0.29, 0.717) is 17.9 Å². The molecule has 0 aliphatic heterocycles. The Kier molecular flexibility index (Phi) is 6.48. The molecule has 1 aromatic carbocycles. The smallest absolute Gasteiger partial charge is 0.341 e. The van der Waals surface area contributed by atoms with E-state index in [1.165, 1.54) is 12.1 Å². The normalized spacial score (nSPS) is 11.1. The average molecular weight is 315 g/mol. The van der Waals surface area contributed by atoms with E-state index in [0.717, 1.165) is 0 Å². The SMILES string of the molecule is CCOC(=O)c1ccc(N)cc1OCCCS(=O)(=O)CC. The fraction of sp³-hybridized carbons (Fsp3) is 0.500. The van der Waals surface area contributed by atoms with Crippen molar-refractivity contribution < 1.29 is 22.7 Å². The third-order valence-electron chi connectivity index (χ3n) is 2.80. The number of rotatable bonds is 8. The Labute approximate surface area is 125 Å². The van der Waals surface area contributed by atoms with Crippen LogP contribution in [0.25, 0.3) is 0 Å². The van der Waals surface area contributed by atoms with Crippen LogP contribution >= 0.6 is 0 Å². The summed E-state index contributed by atoms with van der Waals surface area (Å²) in [5.41, 5.74) is 6.41. The number of carbonyl (C=O) groups is 1. The van der Waals surface area contributed by atoms with Crippen LogP contribution in [0.5, 0.6) is 5.75 Å². The van der Waals surface area contributed by atoms with E-state index in [9.17, 15) is 13.2 Å². The summed E-state index contributed by atoms with van der Waals surface area (Å²) >= 11 is 0. The van der Waals surface area contributed by atoms with Crippen molar-refractivity contribution in [2.45, 2.75) is 20.3 Å². The summed E-state index contributed by atoms with van der Waals surface area (Å²) in [4.78, 5) is 11.8. The first-order chi connectivity index (χ1) is 9.89. The average Bonchev–Trinajstić information content (AvgIpc) is 2.44. The third kappa shape index (κ3) is 5.63.